The van der Waals surface area contributed by atoms with Gasteiger partial charge in [0.05, 0.1) is 0 Å². The smallest absolute Gasteiger partial charge is 0.246 e. The fraction of sp³-hybridized carbons (Fsp3) is 0.462. The Morgan fingerprint density at radius 1 is 1.47 bits per heavy atom. The molecular weight excluding hydrogens is 216 g/mol. The van der Waals surface area contributed by atoms with Gasteiger partial charge in [-0.3, -0.25) is 4.79 Å². The Balaban J connectivity index is 2.17. The van der Waals surface area contributed by atoms with E-state index in [1.807, 2.05) is 31.2 Å². The maximum absolute atomic E-state index is 11.3. The van der Waals surface area contributed by atoms with Crippen LogP contribution in [0.3, 0.4) is 0 Å². The van der Waals surface area contributed by atoms with E-state index in [0.29, 0.717) is 13.2 Å². The number of nitrogens with two attached hydrogens (primary N) is 1. The van der Waals surface area contributed by atoms with Crippen LogP contribution < -0.4 is 11.1 Å². The monoisotopic (exact) mass is 236 g/mol. The Morgan fingerprint density at radius 2 is 2.29 bits per heavy atom. The highest BCUT2D eigenvalue weighted by atomic mass is 16.5. The molecule has 3 N–H and O–H groups in total. The van der Waals surface area contributed by atoms with Crippen molar-refractivity contribution in [3.63, 3.8) is 0 Å². The number of rotatable bonds is 7. The molecule has 0 bridgehead atoms. The van der Waals surface area contributed by atoms with Gasteiger partial charge in [-0.2, -0.15) is 0 Å². The zero-order chi connectivity index (χ0) is 12.5. The van der Waals surface area contributed by atoms with Gasteiger partial charge in [-0.1, -0.05) is 19.1 Å². The van der Waals surface area contributed by atoms with Gasteiger partial charge in [0.2, 0.25) is 5.91 Å². The molecule has 0 saturated carbocycles. The van der Waals surface area contributed by atoms with E-state index in [-0.39, 0.29) is 12.5 Å². The van der Waals surface area contributed by atoms with Gasteiger partial charge < -0.3 is 15.8 Å². The van der Waals surface area contributed by atoms with Gasteiger partial charge in [-0.05, 0) is 30.5 Å². The zero-order valence-electron chi connectivity index (χ0n) is 10.2. The predicted molar refractivity (Wildman–Crippen MR) is 68.7 cm³/mol. The molecule has 0 aliphatic heterocycles. The lowest BCUT2D eigenvalue weighted by atomic mass is 10.1. The Labute approximate surface area is 102 Å². The summed E-state index contributed by atoms with van der Waals surface area (Å²) in [6, 6.07) is 7.67. The second kappa shape index (κ2) is 7.68. The quantitative estimate of drug-likeness (QED) is 0.555. The highest BCUT2D eigenvalue weighted by Crippen LogP contribution is 2.06. The summed E-state index contributed by atoms with van der Waals surface area (Å²) in [5.74, 6) is -0.0673. The molecule has 0 spiro atoms. The molecule has 0 atom stereocenters. The van der Waals surface area contributed by atoms with Gasteiger partial charge in [0.15, 0.2) is 0 Å². The molecule has 0 aliphatic rings. The fourth-order valence-corrected chi connectivity index (χ4v) is 1.46. The van der Waals surface area contributed by atoms with Crippen LogP contribution in [0.1, 0.15) is 18.9 Å². The molecule has 1 amide bonds. The largest absolute Gasteiger partial charge is 0.399 e. The lowest BCUT2D eigenvalue weighted by Gasteiger charge is -2.06. The summed E-state index contributed by atoms with van der Waals surface area (Å²) in [7, 11) is 0. The van der Waals surface area contributed by atoms with E-state index in [9.17, 15) is 4.79 Å². The van der Waals surface area contributed by atoms with Gasteiger partial charge in [0.25, 0.3) is 0 Å². The minimum Gasteiger partial charge on any atom is -0.399 e. The van der Waals surface area contributed by atoms with Crippen LogP contribution in [0.4, 0.5) is 5.69 Å². The fourth-order valence-electron chi connectivity index (χ4n) is 1.46. The number of hydrogen-bond donors (Lipinski definition) is 2. The first kappa shape index (κ1) is 13.5. The van der Waals surface area contributed by atoms with Gasteiger partial charge in [-0.15, -0.1) is 0 Å². The van der Waals surface area contributed by atoms with E-state index in [0.717, 1.165) is 24.1 Å². The van der Waals surface area contributed by atoms with E-state index >= 15 is 0 Å². The van der Waals surface area contributed by atoms with Crippen LogP contribution >= 0.6 is 0 Å². The standard InChI is InChI=1S/C13H20N2O2/c1-2-8-17-10-13(16)15-7-6-11-4-3-5-12(14)9-11/h3-5,9H,2,6-8,10,14H2,1H3,(H,15,16). The summed E-state index contributed by atoms with van der Waals surface area (Å²) in [4.78, 5) is 11.3. The molecule has 1 aromatic carbocycles. The molecular formula is C13H20N2O2. The second-order valence-corrected chi connectivity index (χ2v) is 3.90. The third-order valence-electron chi connectivity index (χ3n) is 2.27. The first-order chi connectivity index (χ1) is 8.22. The molecule has 4 nitrogen and oxygen atoms in total. The number of amides is 1. The van der Waals surface area contributed by atoms with Crippen molar-refractivity contribution in [2.24, 2.45) is 0 Å². The Morgan fingerprint density at radius 3 is 3.00 bits per heavy atom. The van der Waals surface area contributed by atoms with Crippen LogP contribution in [0.5, 0.6) is 0 Å². The van der Waals surface area contributed by atoms with Crippen molar-refractivity contribution >= 4 is 11.6 Å². The maximum atomic E-state index is 11.3. The Bertz CT molecular complexity index is 353. The van der Waals surface area contributed by atoms with E-state index in [4.69, 9.17) is 10.5 Å². The van der Waals surface area contributed by atoms with E-state index in [2.05, 4.69) is 5.32 Å². The number of nitrogens with one attached hydrogen (secondary N) is 1. The molecule has 1 aromatic rings. The van der Waals surface area contributed by atoms with Crippen molar-refractivity contribution < 1.29 is 9.53 Å². The lowest BCUT2D eigenvalue weighted by Crippen LogP contribution is -2.29. The van der Waals surface area contributed by atoms with Crippen LogP contribution in [0.15, 0.2) is 24.3 Å². The molecule has 94 valence electrons. The van der Waals surface area contributed by atoms with Crippen molar-refractivity contribution in [1.29, 1.82) is 0 Å². The van der Waals surface area contributed by atoms with Gasteiger partial charge in [0, 0.05) is 18.8 Å². The second-order valence-electron chi connectivity index (χ2n) is 3.90. The number of carbonyl (C=O) groups excluding carboxylic acids is 1. The molecule has 0 saturated heterocycles. The topological polar surface area (TPSA) is 64.3 Å². The Hall–Kier alpha value is -1.55. The lowest BCUT2D eigenvalue weighted by molar-refractivity contribution is -0.125. The molecule has 17 heavy (non-hydrogen) atoms. The zero-order valence-corrected chi connectivity index (χ0v) is 10.2. The summed E-state index contributed by atoms with van der Waals surface area (Å²) in [5, 5.41) is 2.80. The SMILES string of the molecule is CCCOCC(=O)NCCc1cccc(N)c1. The van der Waals surface area contributed by atoms with Crippen LogP contribution in [-0.4, -0.2) is 25.7 Å². The maximum Gasteiger partial charge on any atom is 0.246 e. The van der Waals surface area contributed by atoms with Crippen LogP contribution in [0, 0.1) is 0 Å². The van der Waals surface area contributed by atoms with Gasteiger partial charge in [-0.25, -0.2) is 0 Å². The van der Waals surface area contributed by atoms with Crippen molar-refractivity contribution in [2.45, 2.75) is 19.8 Å². The molecule has 4 heteroatoms. The van der Waals surface area contributed by atoms with E-state index < -0.39 is 0 Å². The highest BCUT2D eigenvalue weighted by Gasteiger charge is 2.00. The van der Waals surface area contributed by atoms with Crippen molar-refractivity contribution in [3.05, 3.63) is 29.8 Å². The average Bonchev–Trinajstić information content (AvgIpc) is 2.29. The molecule has 0 aromatic heterocycles. The van der Waals surface area contributed by atoms with Crippen molar-refractivity contribution in [3.8, 4) is 0 Å². The van der Waals surface area contributed by atoms with Crippen LogP contribution in [0.2, 0.25) is 0 Å². The minimum absolute atomic E-state index is 0.0673. The number of hydrogen-bond acceptors (Lipinski definition) is 3. The summed E-state index contributed by atoms with van der Waals surface area (Å²) >= 11 is 0. The van der Waals surface area contributed by atoms with Crippen LogP contribution in [-0.2, 0) is 16.0 Å². The summed E-state index contributed by atoms with van der Waals surface area (Å²) in [6.45, 7) is 3.39. The van der Waals surface area contributed by atoms with Gasteiger partial charge >= 0.3 is 0 Å². The number of carbonyl (C=O) groups is 1. The third-order valence-corrected chi connectivity index (χ3v) is 2.27. The van der Waals surface area contributed by atoms with Gasteiger partial charge in [0.1, 0.15) is 6.61 Å². The molecule has 0 radical (unpaired) electrons. The van der Waals surface area contributed by atoms with Crippen LogP contribution in [0.25, 0.3) is 0 Å². The molecule has 0 fully saturated rings. The number of benzene rings is 1. The van der Waals surface area contributed by atoms with Crippen molar-refractivity contribution in [1.82, 2.24) is 5.32 Å². The molecule has 1 rings (SSSR count). The van der Waals surface area contributed by atoms with E-state index in [1.165, 1.54) is 0 Å². The number of anilines is 1. The minimum atomic E-state index is -0.0673. The number of nitrogen functional groups attached to an aromatic ring is 1. The van der Waals surface area contributed by atoms with Crippen molar-refractivity contribution in [2.75, 3.05) is 25.5 Å². The molecule has 0 heterocycles. The Kier molecular flexibility index (Phi) is 6.10. The average molecular weight is 236 g/mol. The predicted octanol–water partition coefficient (Wildman–Crippen LogP) is 1.35. The summed E-state index contributed by atoms with van der Waals surface area (Å²) in [5.41, 5.74) is 7.54. The first-order valence-corrected chi connectivity index (χ1v) is 5.91. The molecule has 0 unspecified atom stereocenters. The summed E-state index contributed by atoms with van der Waals surface area (Å²) < 4.78 is 5.13. The van der Waals surface area contributed by atoms with E-state index in [1.54, 1.807) is 0 Å². The number of ether oxygens (including phenoxy) is 1. The highest BCUT2D eigenvalue weighted by molar-refractivity contribution is 5.77. The third kappa shape index (κ3) is 5.92. The summed E-state index contributed by atoms with van der Waals surface area (Å²) in [6.07, 6.45) is 1.71. The first-order valence-electron chi connectivity index (χ1n) is 5.91. The normalized spacial score (nSPS) is 10.2. The molecule has 0 aliphatic carbocycles.